The summed E-state index contributed by atoms with van der Waals surface area (Å²) in [4.78, 5) is 12.9. The Labute approximate surface area is 406 Å². The van der Waals surface area contributed by atoms with Gasteiger partial charge in [0.05, 0.1) is 0 Å². The molecule has 2 aromatic heterocycles. The van der Waals surface area contributed by atoms with Crippen molar-refractivity contribution in [1.82, 2.24) is 9.97 Å². The fourth-order valence-corrected chi connectivity index (χ4v) is 13.7. The van der Waals surface area contributed by atoms with Crippen LogP contribution in [-0.2, 0) is 21.9 Å². The highest BCUT2D eigenvalue weighted by Gasteiger charge is 2.45. The van der Waals surface area contributed by atoms with Gasteiger partial charge in [0.25, 0.3) is 0 Å². The molecule has 2 heterocycles. The van der Waals surface area contributed by atoms with Gasteiger partial charge in [0.1, 0.15) is 10.0 Å². The molecule has 0 atom stereocenters. The summed E-state index contributed by atoms with van der Waals surface area (Å²) in [6.45, 7) is 17.9. The molecule has 8 rings (SSSR count). The lowest BCUT2D eigenvalue weighted by atomic mass is 9.69. The fraction of sp³-hybridized carbons (Fsp3) is 0.533. The minimum absolute atomic E-state index is 0.0278. The third-order valence-corrected chi connectivity index (χ3v) is 17.6. The average molecular weight is 921 g/mol. The SMILES string of the molecule is CCCCCCC1(CCCCCC)c2cc(-c3nc4sc(-c5ccc6c(c5)C(CCCCCC)(CCCCCC)c5cc(C(C)(C)N)ccc5-6)nc4s3)ccc2-c2ccc(C(C)(C)N)cc21. The molecule has 4 N–H and O–H groups in total. The molecule has 0 aliphatic heterocycles. The number of fused-ring (bicyclic) bond motifs is 7. The molecule has 352 valence electrons. The molecule has 0 bridgehead atoms. The molecule has 2 aliphatic rings. The first-order valence-electron chi connectivity index (χ1n) is 26.2. The third kappa shape index (κ3) is 9.65. The summed E-state index contributed by atoms with van der Waals surface area (Å²) >= 11 is 3.52. The molecule has 66 heavy (non-hydrogen) atoms. The van der Waals surface area contributed by atoms with Gasteiger partial charge in [0.2, 0.25) is 0 Å². The Morgan fingerprint density at radius 2 is 0.712 bits per heavy atom. The fourth-order valence-electron chi connectivity index (χ4n) is 11.7. The molecule has 0 fully saturated rings. The summed E-state index contributed by atoms with van der Waals surface area (Å²) in [7, 11) is 0. The Kier molecular flexibility index (Phi) is 15.1. The topological polar surface area (TPSA) is 77.8 Å². The highest BCUT2D eigenvalue weighted by molar-refractivity contribution is 7.29. The number of benzene rings is 4. The maximum Gasteiger partial charge on any atom is 0.155 e. The number of nitrogens with two attached hydrogens (primary N) is 2. The van der Waals surface area contributed by atoms with E-state index >= 15 is 0 Å². The molecule has 6 heteroatoms. The van der Waals surface area contributed by atoms with Crippen LogP contribution in [0.1, 0.15) is 217 Å². The Hall–Kier alpha value is -3.68. The zero-order chi connectivity index (χ0) is 46.7. The van der Waals surface area contributed by atoms with Crippen molar-refractivity contribution in [2.75, 3.05) is 0 Å². The summed E-state index contributed by atoms with van der Waals surface area (Å²) in [6.07, 6.45) is 24.9. The van der Waals surface area contributed by atoms with Crippen LogP contribution in [0.15, 0.2) is 72.8 Å². The normalized spacial score (nSPS) is 14.8. The maximum atomic E-state index is 6.81. The van der Waals surface area contributed by atoms with E-state index in [0.29, 0.717) is 0 Å². The van der Waals surface area contributed by atoms with E-state index in [9.17, 15) is 0 Å². The van der Waals surface area contributed by atoms with Gasteiger partial charge in [0.15, 0.2) is 9.66 Å². The number of thiazole rings is 2. The van der Waals surface area contributed by atoms with Crippen LogP contribution in [0.4, 0.5) is 0 Å². The van der Waals surface area contributed by atoms with Crippen LogP contribution in [0, 0.1) is 0 Å². The molecule has 2 aliphatic carbocycles. The van der Waals surface area contributed by atoms with Crippen LogP contribution >= 0.6 is 22.7 Å². The second kappa shape index (κ2) is 20.5. The largest absolute Gasteiger partial charge is 0.322 e. The van der Waals surface area contributed by atoms with Crippen molar-refractivity contribution in [3.8, 4) is 43.4 Å². The van der Waals surface area contributed by atoms with Gasteiger partial charge in [-0.15, -0.1) is 0 Å². The van der Waals surface area contributed by atoms with Crippen molar-refractivity contribution in [3.05, 3.63) is 106 Å². The first-order valence-corrected chi connectivity index (χ1v) is 27.9. The van der Waals surface area contributed by atoms with Crippen LogP contribution in [0.5, 0.6) is 0 Å². The van der Waals surface area contributed by atoms with Gasteiger partial charge in [-0.1, -0.05) is 214 Å². The van der Waals surface area contributed by atoms with Crippen molar-refractivity contribution >= 4 is 32.3 Å². The number of hydrogen-bond acceptors (Lipinski definition) is 6. The van der Waals surface area contributed by atoms with Gasteiger partial charge in [-0.25, -0.2) is 9.97 Å². The average Bonchev–Trinajstić information content (AvgIpc) is 4.03. The zero-order valence-corrected chi connectivity index (χ0v) is 43.6. The molecule has 0 spiro atoms. The van der Waals surface area contributed by atoms with Gasteiger partial charge in [-0.05, 0) is 121 Å². The molecule has 0 radical (unpaired) electrons. The van der Waals surface area contributed by atoms with Gasteiger partial charge < -0.3 is 11.5 Å². The number of rotatable bonds is 24. The van der Waals surface area contributed by atoms with Gasteiger partial charge >= 0.3 is 0 Å². The molecule has 6 aromatic rings. The van der Waals surface area contributed by atoms with E-state index in [4.69, 9.17) is 21.4 Å². The van der Waals surface area contributed by atoms with E-state index in [2.05, 4.69) is 128 Å². The van der Waals surface area contributed by atoms with E-state index in [-0.39, 0.29) is 10.8 Å². The zero-order valence-electron chi connectivity index (χ0n) is 41.9. The summed E-state index contributed by atoms with van der Waals surface area (Å²) in [5, 5.41) is 2.15. The molecule has 0 unspecified atom stereocenters. The van der Waals surface area contributed by atoms with Crippen LogP contribution in [0.2, 0.25) is 0 Å². The molecule has 4 aromatic carbocycles. The highest BCUT2D eigenvalue weighted by atomic mass is 32.1. The summed E-state index contributed by atoms with van der Waals surface area (Å²) in [5.74, 6) is 0. The Balaban J connectivity index is 1.17. The van der Waals surface area contributed by atoms with Crippen molar-refractivity contribution < 1.29 is 0 Å². The second-order valence-electron chi connectivity index (χ2n) is 21.5. The van der Waals surface area contributed by atoms with E-state index in [0.717, 1.165) is 19.7 Å². The number of nitrogens with zero attached hydrogens (tertiary/aromatic N) is 2. The first kappa shape index (κ1) is 48.8. The quantitative estimate of drug-likeness (QED) is 0.0593. The van der Waals surface area contributed by atoms with Crippen molar-refractivity contribution in [1.29, 1.82) is 0 Å². The number of hydrogen-bond donors (Lipinski definition) is 2. The monoisotopic (exact) mass is 921 g/mol. The van der Waals surface area contributed by atoms with Crippen LogP contribution in [-0.4, -0.2) is 9.97 Å². The third-order valence-electron chi connectivity index (χ3n) is 15.5. The Morgan fingerprint density at radius 3 is 1.02 bits per heavy atom. The summed E-state index contributed by atoms with van der Waals surface area (Å²) in [6, 6.07) is 28.8. The minimum atomic E-state index is -0.397. The van der Waals surface area contributed by atoms with Crippen LogP contribution < -0.4 is 11.5 Å². The number of unbranched alkanes of at least 4 members (excludes halogenated alkanes) is 12. The van der Waals surface area contributed by atoms with Gasteiger partial charge in [0, 0.05) is 33.0 Å². The van der Waals surface area contributed by atoms with Gasteiger partial charge in [-0.3, -0.25) is 0 Å². The molecule has 4 nitrogen and oxygen atoms in total. The lowest BCUT2D eigenvalue weighted by Gasteiger charge is -2.34. The first-order chi connectivity index (χ1) is 31.8. The minimum Gasteiger partial charge on any atom is -0.322 e. The Bertz CT molecular complexity index is 2370. The van der Waals surface area contributed by atoms with Crippen LogP contribution in [0.3, 0.4) is 0 Å². The van der Waals surface area contributed by atoms with Crippen molar-refractivity contribution in [2.45, 2.75) is 206 Å². The predicted octanol–water partition coefficient (Wildman–Crippen LogP) is 17.9. The molecular weight excluding hydrogens is 841 g/mol. The summed E-state index contributed by atoms with van der Waals surface area (Å²) < 4.78 is 0. The smallest absolute Gasteiger partial charge is 0.155 e. The highest BCUT2D eigenvalue weighted by Crippen LogP contribution is 2.58. The van der Waals surface area contributed by atoms with E-state index in [1.165, 1.54) is 195 Å². The number of aromatic nitrogens is 2. The van der Waals surface area contributed by atoms with E-state index in [1.54, 1.807) is 22.7 Å². The van der Waals surface area contributed by atoms with Gasteiger partial charge in [-0.2, -0.15) is 0 Å². The second-order valence-corrected chi connectivity index (χ2v) is 23.5. The standard InChI is InChI=1S/C60H80N4S2/c1-9-13-17-21-33-59(34-22-18-14-10-2)49-37-41(25-29-45(49)47-31-27-43(39-51(47)59)57(5,6)61)53-63-55-56(65-53)64-54(66-55)42-26-30-46-48-32-28-44(58(7,8)62)40-52(48)60(50(46)38-42,35-23-19-15-11-3)36-24-20-16-12-4/h25-32,37-40H,9-24,33-36,61-62H2,1-8H3. The molecule has 0 amide bonds. The molecular formula is C60H80N4S2. The predicted molar refractivity (Wildman–Crippen MR) is 288 cm³/mol. The Morgan fingerprint density at radius 1 is 0.409 bits per heavy atom. The van der Waals surface area contributed by atoms with E-state index < -0.39 is 11.1 Å². The lowest BCUT2D eigenvalue weighted by molar-refractivity contribution is 0.400. The molecule has 0 saturated carbocycles. The van der Waals surface area contributed by atoms with Crippen molar-refractivity contribution in [3.63, 3.8) is 0 Å². The molecule has 0 saturated heterocycles. The maximum absolute atomic E-state index is 6.81. The lowest BCUT2D eigenvalue weighted by Crippen LogP contribution is -2.30. The summed E-state index contributed by atoms with van der Waals surface area (Å²) in [5.41, 5.74) is 29.2. The van der Waals surface area contributed by atoms with E-state index in [1.807, 2.05) is 0 Å². The van der Waals surface area contributed by atoms with Crippen LogP contribution in [0.25, 0.3) is 53.1 Å². The van der Waals surface area contributed by atoms with Crippen molar-refractivity contribution in [2.24, 2.45) is 11.5 Å².